The highest BCUT2D eigenvalue weighted by Crippen LogP contribution is 2.52. The number of allylic oxidation sites excluding steroid dienone is 14. The number of carbonyl (C=O) groups is 3. The summed E-state index contributed by atoms with van der Waals surface area (Å²) >= 11 is 0. The van der Waals surface area contributed by atoms with Gasteiger partial charge in [-0.05, 0) is 106 Å². The van der Waals surface area contributed by atoms with Gasteiger partial charge >= 0.3 is 0 Å². The van der Waals surface area contributed by atoms with Crippen LogP contribution in [0.3, 0.4) is 0 Å². The lowest BCUT2D eigenvalue weighted by Crippen LogP contribution is -2.38. The van der Waals surface area contributed by atoms with Crippen molar-refractivity contribution in [2.75, 3.05) is 42.6 Å². The number of unbranched alkanes of at least 4 members (excludes halogenated alkanes) is 4. The fourth-order valence-corrected chi connectivity index (χ4v) is 12.4. The molecule has 6 rings (SSSR count). The number of hydrogen-bond acceptors (Lipinski definition) is 12. The van der Waals surface area contributed by atoms with Gasteiger partial charge in [0.2, 0.25) is 11.6 Å². The molecule has 0 fully saturated rings. The maximum Gasteiger partial charge on any atom is 0.294 e. The first-order chi connectivity index (χ1) is 36.2. The summed E-state index contributed by atoms with van der Waals surface area (Å²) in [6, 6.07) is 8.72. The van der Waals surface area contributed by atoms with Crippen molar-refractivity contribution in [2.45, 2.75) is 112 Å². The molecule has 2 unspecified atom stereocenters. The van der Waals surface area contributed by atoms with E-state index in [1.807, 2.05) is 73.4 Å². The van der Waals surface area contributed by atoms with Gasteiger partial charge < -0.3 is 10.2 Å². The number of nitrogens with zero attached hydrogens (tertiary/aromatic N) is 3. The second-order valence-electron chi connectivity index (χ2n) is 19.7. The van der Waals surface area contributed by atoms with E-state index in [4.69, 9.17) is 0 Å². The Morgan fingerprint density at radius 3 is 1.90 bits per heavy atom. The largest absolute Gasteiger partial charge is 0.354 e. The summed E-state index contributed by atoms with van der Waals surface area (Å²) < 4.78 is 138. The lowest BCUT2D eigenvalue weighted by Gasteiger charge is -2.30. The molecule has 0 aromatic heterocycles. The van der Waals surface area contributed by atoms with Crippen molar-refractivity contribution in [3.63, 3.8) is 0 Å². The quantitative estimate of drug-likeness (QED) is 0.0182. The van der Waals surface area contributed by atoms with Crippen LogP contribution in [0.15, 0.2) is 143 Å². The number of rotatable bonds is 28. The van der Waals surface area contributed by atoms with E-state index in [0.717, 1.165) is 16.2 Å². The van der Waals surface area contributed by atoms with Crippen LogP contribution >= 0.6 is 0 Å². The van der Waals surface area contributed by atoms with Crippen molar-refractivity contribution < 1.29 is 70.8 Å². The SMILES string of the molecule is CC1(CCCCS(=O)(=O)O)C(/C=C/C=C/C=C2/N(CCCCCC(=O)NCCN3C(=O)C=CC3=O)c3ccc(S(=O)(=O)O)cc3C2(C)CCCCS(=O)(=O)O)=[N+](CCCC2=C/C=C\C=C/C=C\2)c2ccc(S(=O)(=O)O)cc21. The smallest absolute Gasteiger partial charge is 0.294 e. The first kappa shape index (κ1) is 60.3. The maximum atomic E-state index is 12.7. The van der Waals surface area contributed by atoms with E-state index in [9.17, 15) is 66.3 Å². The maximum absolute atomic E-state index is 12.7. The molecular formula is C54H67N4O15S4+. The molecule has 2 aromatic carbocycles. The van der Waals surface area contributed by atoms with Gasteiger partial charge in [-0.2, -0.15) is 38.2 Å². The van der Waals surface area contributed by atoms with Crippen LogP contribution < -0.4 is 10.2 Å². The zero-order chi connectivity index (χ0) is 56.2. The minimum absolute atomic E-state index is 0.0412. The van der Waals surface area contributed by atoms with Gasteiger partial charge in [0, 0.05) is 79.1 Å². The number of carbonyl (C=O) groups excluding carboxylic acids is 3. The van der Waals surface area contributed by atoms with Crippen LogP contribution in [-0.2, 0) is 65.7 Å². The molecule has 3 amide bonds. The van der Waals surface area contributed by atoms with E-state index in [2.05, 4.69) is 9.89 Å². The molecule has 23 heteroatoms. The molecule has 0 saturated heterocycles. The molecule has 416 valence electrons. The Balaban J connectivity index is 1.33. The second-order valence-corrected chi connectivity index (χ2v) is 25.7. The third-order valence-corrected chi connectivity index (χ3v) is 17.5. The molecule has 2 aromatic rings. The summed E-state index contributed by atoms with van der Waals surface area (Å²) in [5.74, 6) is -2.10. The Kier molecular flexibility index (Phi) is 20.1. The van der Waals surface area contributed by atoms with Gasteiger partial charge in [0.25, 0.3) is 52.3 Å². The minimum Gasteiger partial charge on any atom is -0.354 e. The monoisotopic (exact) mass is 1140 g/mol. The lowest BCUT2D eigenvalue weighted by molar-refractivity contribution is -0.438. The molecule has 4 aliphatic rings. The van der Waals surface area contributed by atoms with Crippen molar-refractivity contribution in [3.05, 3.63) is 144 Å². The highest BCUT2D eigenvalue weighted by Gasteiger charge is 2.48. The summed E-state index contributed by atoms with van der Waals surface area (Å²) in [4.78, 5) is 38.8. The predicted octanol–water partition coefficient (Wildman–Crippen LogP) is 7.42. The predicted molar refractivity (Wildman–Crippen MR) is 293 cm³/mol. The highest BCUT2D eigenvalue weighted by atomic mass is 32.2. The molecule has 0 radical (unpaired) electrons. The Bertz CT molecular complexity index is 3330. The number of anilines is 1. The van der Waals surface area contributed by atoms with Gasteiger partial charge in [-0.25, -0.2) is 0 Å². The van der Waals surface area contributed by atoms with E-state index < -0.39 is 74.6 Å². The van der Waals surface area contributed by atoms with E-state index in [0.29, 0.717) is 99.1 Å². The van der Waals surface area contributed by atoms with Gasteiger partial charge in [0.05, 0.1) is 26.7 Å². The lowest BCUT2D eigenvalue weighted by atomic mass is 9.75. The van der Waals surface area contributed by atoms with Crippen LogP contribution in [0.1, 0.15) is 102 Å². The van der Waals surface area contributed by atoms with E-state index in [1.165, 1.54) is 36.4 Å². The summed E-state index contributed by atoms with van der Waals surface area (Å²) in [6.45, 7) is 4.83. The fraction of sp³-hybridized carbons (Fsp3) is 0.407. The normalized spacial score (nSPS) is 22.2. The van der Waals surface area contributed by atoms with Gasteiger partial charge in [0.15, 0.2) is 5.71 Å². The number of hydrogen-bond donors (Lipinski definition) is 5. The zero-order valence-electron chi connectivity index (χ0n) is 43.0. The van der Waals surface area contributed by atoms with Crippen LogP contribution in [0, 0.1) is 0 Å². The van der Waals surface area contributed by atoms with E-state index >= 15 is 0 Å². The molecule has 1 aliphatic carbocycles. The van der Waals surface area contributed by atoms with Crippen LogP contribution in [-0.4, -0.2) is 122 Å². The number of benzene rings is 2. The molecule has 0 saturated carbocycles. The van der Waals surface area contributed by atoms with Crippen molar-refractivity contribution in [3.8, 4) is 0 Å². The molecule has 2 atom stereocenters. The van der Waals surface area contributed by atoms with E-state index in [1.54, 1.807) is 30.4 Å². The van der Waals surface area contributed by atoms with Crippen molar-refractivity contribution in [1.29, 1.82) is 0 Å². The van der Waals surface area contributed by atoms with Gasteiger partial charge in [0.1, 0.15) is 6.54 Å². The van der Waals surface area contributed by atoms with Gasteiger partial charge in [-0.15, -0.1) is 0 Å². The topological polar surface area (TPSA) is 290 Å². The molecule has 5 N–H and O–H groups in total. The Labute approximate surface area is 451 Å². The first-order valence-corrected chi connectivity index (χ1v) is 31.4. The van der Waals surface area contributed by atoms with E-state index in [-0.39, 0.29) is 48.1 Å². The number of amides is 3. The van der Waals surface area contributed by atoms with Crippen molar-refractivity contribution in [1.82, 2.24) is 10.2 Å². The Morgan fingerprint density at radius 2 is 1.25 bits per heavy atom. The second kappa shape index (κ2) is 25.7. The number of nitrogens with one attached hydrogen (secondary N) is 1. The molecule has 3 heterocycles. The van der Waals surface area contributed by atoms with Crippen LogP contribution in [0.5, 0.6) is 0 Å². The molecule has 19 nitrogen and oxygen atoms in total. The standard InChI is InChI=1S/C54H66N4O15S4/c1-53(31-13-16-37-74(62,63)64)44-39-42(76(68,69)70)25-27-46(44)56(34-15-7-12-24-50(59)55-33-36-58-51(60)29-30-52(58)61)48(53)22-10-6-11-23-49-54(2,32-14-17-38-75(65,66)67)45-40-43(77(71,72)73)26-28-47(45)57(49)35-18-21-41-19-8-4-3-5-9-20-41/h3-6,8-11,19-20,22-23,25-30,39-40H,7,12-18,21,24,31-38H2,1-2H3,(H4-,55,59,62,63,64,65,66,67,68,69,70,71,72,73)/p+1/b4-3-,5-3?,8-4?,9-5-,19-8-,20-9?,41-19?,41-20+. The summed E-state index contributed by atoms with van der Waals surface area (Å²) in [5.41, 5.74) is 3.16. The Hall–Kier alpha value is -5.92. The van der Waals surface area contributed by atoms with Gasteiger partial charge in [-0.1, -0.05) is 80.0 Å². The van der Waals surface area contributed by atoms with Gasteiger partial charge in [-0.3, -0.25) is 37.5 Å². The van der Waals surface area contributed by atoms with Crippen LogP contribution in [0.25, 0.3) is 0 Å². The number of imide groups is 1. The third-order valence-electron chi connectivity index (χ3n) is 14.2. The van der Waals surface area contributed by atoms with Crippen molar-refractivity contribution >= 4 is 75.3 Å². The zero-order valence-corrected chi connectivity index (χ0v) is 46.3. The fourth-order valence-electron chi connectivity index (χ4n) is 10.3. The first-order valence-electron chi connectivity index (χ1n) is 25.3. The van der Waals surface area contributed by atoms with Crippen LogP contribution in [0.2, 0.25) is 0 Å². The highest BCUT2D eigenvalue weighted by molar-refractivity contribution is 7.86. The molecule has 77 heavy (non-hydrogen) atoms. The average Bonchev–Trinajstić information content (AvgIpc) is 3.87. The summed E-state index contributed by atoms with van der Waals surface area (Å²) in [7, 11) is -17.8. The minimum atomic E-state index is -4.66. The number of fused-ring (bicyclic) bond motifs is 2. The third kappa shape index (κ3) is 16.3. The van der Waals surface area contributed by atoms with Crippen LogP contribution in [0.4, 0.5) is 11.4 Å². The summed E-state index contributed by atoms with van der Waals surface area (Å²) in [5, 5.41) is 2.74. The Morgan fingerprint density at radius 1 is 0.636 bits per heavy atom. The summed E-state index contributed by atoms with van der Waals surface area (Å²) in [6.07, 6.45) is 29.9. The van der Waals surface area contributed by atoms with Crippen molar-refractivity contribution in [2.24, 2.45) is 0 Å². The molecular weight excluding hydrogens is 1070 g/mol. The molecule has 3 aliphatic heterocycles. The molecule has 0 bridgehead atoms. The average molecular weight is 1140 g/mol. The molecule has 0 spiro atoms.